The van der Waals surface area contributed by atoms with E-state index in [0.717, 1.165) is 21.9 Å². The van der Waals surface area contributed by atoms with Crippen LogP contribution in [0.5, 0.6) is 5.75 Å². The van der Waals surface area contributed by atoms with E-state index in [4.69, 9.17) is 37.6 Å². The highest BCUT2D eigenvalue weighted by molar-refractivity contribution is 6.74. The second-order valence-corrected chi connectivity index (χ2v) is 21.7. The van der Waals surface area contributed by atoms with Crippen LogP contribution in [0.3, 0.4) is 0 Å². The lowest BCUT2D eigenvalue weighted by Crippen LogP contribution is -2.68. The molecule has 0 saturated carbocycles. The minimum atomic E-state index is -2.38. The van der Waals surface area contributed by atoms with E-state index in [9.17, 15) is 9.90 Å². The molecular weight excluding hydrogens is 767 g/mol. The number of ether oxygens (including phenoxy) is 7. The first kappa shape index (κ1) is 44.8. The fourth-order valence-electron chi connectivity index (χ4n) is 7.74. The first-order valence-electron chi connectivity index (χ1n) is 20.7. The lowest BCUT2D eigenvalue weighted by Gasteiger charge is -2.50. The van der Waals surface area contributed by atoms with E-state index >= 15 is 0 Å². The molecule has 2 N–H and O–H groups in total. The summed E-state index contributed by atoms with van der Waals surface area (Å²) >= 11 is 0. The van der Waals surface area contributed by atoms with E-state index in [1.165, 1.54) is 14.0 Å². The summed E-state index contributed by atoms with van der Waals surface area (Å²) in [7, 11) is -0.897. The number of carbonyl (C=O) groups excluding carboxylic acids is 1. The summed E-state index contributed by atoms with van der Waals surface area (Å²) < 4.78 is 53.5. The summed E-state index contributed by atoms with van der Waals surface area (Å²) in [4.78, 5) is 12.5. The summed E-state index contributed by atoms with van der Waals surface area (Å²) in [6, 6.07) is 32.8. The maximum Gasteiger partial charge on any atom is 0.217 e. The lowest BCUT2D eigenvalue weighted by molar-refractivity contribution is -0.346. The van der Waals surface area contributed by atoms with Crippen LogP contribution in [-0.4, -0.2) is 94.4 Å². The SMILES string of the molecule is CO[C@@H]1O[C@H](CO[Si](C)(C)C(C)(C)C(C)C)[C@@H](O[C@@H]2O[C@@H](C)[C@H](OCc3ccccc3)[C@@H](OCc3ccccc3)[C@H]2Oc2cccc3ccccc23)[C@H](O)[C@H]1NC(C)=O. The van der Waals surface area contributed by atoms with Crippen LogP contribution in [0.1, 0.15) is 52.7 Å². The normalized spacial score (nSPS) is 27.8. The molecule has 2 heterocycles. The zero-order chi connectivity index (χ0) is 42.3. The molecule has 11 nitrogen and oxygen atoms in total. The van der Waals surface area contributed by atoms with Gasteiger partial charge in [-0.15, -0.1) is 0 Å². The standard InChI is InChI=1S/C47H63NO10Si/c1-30(2)47(5,6)59(8,9)54-29-38-42(40(50)39(48-32(4)49)45(51-7)57-38)58-46-44(56-37-26-18-24-35-23-16-17-25-36(35)37)43(53-28-34-21-14-11-15-22-34)41(31(3)55-46)52-27-33-19-12-10-13-20-33/h10-26,30-31,38-46,50H,27-29H2,1-9H3,(H,48,49)/t31-,38+,39+,40+,41-,42+,43+,44+,45+,46-/m0/s1. The van der Waals surface area contributed by atoms with Gasteiger partial charge in [-0.3, -0.25) is 4.79 Å². The van der Waals surface area contributed by atoms with Gasteiger partial charge < -0.3 is 48.0 Å². The molecule has 10 atom stereocenters. The molecule has 2 aliphatic heterocycles. The van der Waals surface area contributed by atoms with Crippen molar-refractivity contribution >= 4 is 25.0 Å². The third-order valence-electron chi connectivity index (χ3n) is 12.5. The van der Waals surface area contributed by atoms with Gasteiger partial charge in [0, 0.05) is 19.4 Å². The van der Waals surface area contributed by atoms with Gasteiger partial charge in [0.25, 0.3) is 0 Å². The quantitative estimate of drug-likeness (QED) is 0.102. The predicted octanol–water partition coefficient (Wildman–Crippen LogP) is 7.78. The van der Waals surface area contributed by atoms with Crippen LogP contribution in [-0.2, 0) is 50.9 Å². The van der Waals surface area contributed by atoms with Gasteiger partial charge in [-0.05, 0) is 53.6 Å². The highest BCUT2D eigenvalue weighted by Gasteiger charge is 2.54. The van der Waals surface area contributed by atoms with Crippen molar-refractivity contribution in [3.63, 3.8) is 0 Å². The fourth-order valence-corrected chi connectivity index (χ4v) is 10.1. The monoisotopic (exact) mass is 829 g/mol. The molecule has 0 aliphatic carbocycles. The van der Waals surface area contributed by atoms with Crippen molar-refractivity contribution in [3.05, 3.63) is 114 Å². The molecule has 6 rings (SSSR count). The number of methoxy groups -OCH3 is 1. The summed E-state index contributed by atoms with van der Waals surface area (Å²) in [5, 5.41) is 16.9. The van der Waals surface area contributed by atoms with E-state index in [2.05, 4.69) is 46.1 Å². The van der Waals surface area contributed by atoms with Crippen LogP contribution in [0.4, 0.5) is 0 Å². The Labute approximate surface area is 350 Å². The Kier molecular flexibility index (Phi) is 15.0. The Hall–Kier alpha value is -3.69. The Morgan fingerprint density at radius 3 is 2.00 bits per heavy atom. The number of aliphatic hydroxyl groups is 1. The number of rotatable bonds is 17. The van der Waals surface area contributed by atoms with Gasteiger partial charge in [0.1, 0.15) is 42.3 Å². The van der Waals surface area contributed by atoms with Gasteiger partial charge in [-0.2, -0.15) is 0 Å². The molecule has 59 heavy (non-hydrogen) atoms. The van der Waals surface area contributed by atoms with Gasteiger partial charge in [-0.25, -0.2) is 0 Å². The van der Waals surface area contributed by atoms with E-state index < -0.39 is 69.7 Å². The van der Waals surface area contributed by atoms with Crippen molar-refractivity contribution in [3.8, 4) is 5.75 Å². The minimum Gasteiger partial charge on any atom is -0.482 e. The highest BCUT2D eigenvalue weighted by Crippen LogP contribution is 2.45. The van der Waals surface area contributed by atoms with Crippen LogP contribution in [0, 0.1) is 5.92 Å². The summed E-state index contributed by atoms with van der Waals surface area (Å²) in [5.74, 6) is 0.612. The molecule has 0 bridgehead atoms. The molecule has 12 heteroatoms. The van der Waals surface area contributed by atoms with E-state index in [-0.39, 0.29) is 24.2 Å². The second kappa shape index (κ2) is 19.8. The molecule has 2 aliphatic rings. The topological polar surface area (TPSA) is 123 Å². The Morgan fingerprint density at radius 2 is 1.39 bits per heavy atom. The number of nitrogens with one attached hydrogen (secondary N) is 1. The lowest BCUT2D eigenvalue weighted by atomic mass is 9.95. The molecule has 4 aromatic rings. The first-order chi connectivity index (χ1) is 28.2. The third-order valence-corrected chi connectivity index (χ3v) is 17.0. The van der Waals surface area contributed by atoms with Crippen molar-refractivity contribution in [2.75, 3.05) is 13.7 Å². The largest absolute Gasteiger partial charge is 0.482 e. The van der Waals surface area contributed by atoms with Crippen molar-refractivity contribution in [2.45, 2.75) is 134 Å². The number of aliphatic hydroxyl groups excluding tert-OH is 1. The molecule has 1 amide bonds. The van der Waals surface area contributed by atoms with Gasteiger partial charge in [-0.1, -0.05) is 125 Å². The van der Waals surface area contributed by atoms with Crippen molar-refractivity contribution in [1.82, 2.24) is 5.32 Å². The predicted molar refractivity (Wildman–Crippen MR) is 229 cm³/mol. The van der Waals surface area contributed by atoms with Crippen molar-refractivity contribution < 1.29 is 47.5 Å². The summed E-state index contributed by atoms with van der Waals surface area (Å²) in [6.07, 6.45) is -8.04. The zero-order valence-electron chi connectivity index (χ0n) is 35.9. The zero-order valence-corrected chi connectivity index (χ0v) is 36.9. The Bertz CT molecular complexity index is 1920. The van der Waals surface area contributed by atoms with Crippen LogP contribution < -0.4 is 10.1 Å². The minimum absolute atomic E-state index is 0.0899. The maximum atomic E-state index is 12.5. The molecule has 0 radical (unpaired) electrons. The second-order valence-electron chi connectivity index (χ2n) is 17.1. The van der Waals surface area contributed by atoms with Gasteiger partial charge in [0.05, 0.1) is 25.9 Å². The molecule has 0 spiro atoms. The molecule has 0 unspecified atom stereocenters. The summed E-state index contributed by atoms with van der Waals surface area (Å²) in [6.45, 7) is 17.3. The highest BCUT2D eigenvalue weighted by atomic mass is 28.4. The molecule has 2 saturated heterocycles. The smallest absolute Gasteiger partial charge is 0.217 e. The van der Waals surface area contributed by atoms with Crippen LogP contribution in [0.25, 0.3) is 10.8 Å². The number of hydrogen-bond acceptors (Lipinski definition) is 10. The average Bonchev–Trinajstić information content (AvgIpc) is 3.22. The van der Waals surface area contributed by atoms with Gasteiger partial charge in [0.15, 0.2) is 27.0 Å². The Morgan fingerprint density at radius 1 is 0.797 bits per heavy atom. The molecule has 0 aromatic heterocycles. The van der Waals surface area contributed by atoms with Crippen LogP contribution in [0.2, 0.25) is 18.1 Å². The van der Waals surface area contributed by atoms with Crippen LogP contribution >= 0.6 is 0 Å². The maximum absolute atomic E-state index is 12.5. The van der Waals surface area contributed by atoms with Crippen molar-refractivity contribution in [2.24, 2.45) is 5.92 Å². The van der Waals surface area contributed by atoms with E-state index in [1.807, 2.05) is 110 Å². The number of benzene rings is 4. The Balaban J connectivity index is 1.40. The van der Waals surface area contributed by atoms with Gasteiger partial charge >= 0.3 is 0 Å². The molecular formula is C47H63NO10Si. The molecule has 2 fully saturated rings. The van der Waals surface area contributed by atoms with E-state index in [0.29, 0.717) is 18.3 Å². The molecule has 320 valence electrons. The number of carbonyl (C=O) groups is 1. The van der Waals surface area contributed by atoms with Crippen molar-refractivity contribution in [1.29, 1.82) is 0 Å². The van der Waals surface area contributed by atoms with Gasteiger partial charge in [0.2, 0.25) is 5.91 Å². The number of amides is 1. The first-order valence-corrected chi connectivity index (χ1v) is 23.6. The van der Waals surface area contributed by atoms with E-state index in [1.54, 1.807) is 0 Å². The number of fused-ring (bicyclic) bond motifs is 1. The summed E-state index contributed by atoms with van der Waals surface area (Å²) in [5.41, 5.74) is 1.98. The van der Waals surface area contributed by atoms with Crippen LogP contribution in [0.15, 0.2) is 103 Å². The third kappa shape index (κ3) is 10.6. The average molecular weight is 830 g/mol. The number of hydrogen-bond donors (Lipinski definition) is 2. The molecule has 4 aromatic carbocycles. The fraction of sp³-hybridized carbons (Fsp3) is 0.511.